The molecule has 106 valence electrons. The fraction of sp³-hybridized carbons (Fsp3) is 1.00. The molecule has 0 bridgehead atoms. The van der Waals surface area contributed by atoms with Crippen molar-refractivity contribution >= 4 is 11.8 Å². The Kier molecular flexibility index (Phi) is 5.84. The molecule has 0 aromatic carbocycles. The van der Waals surface area contributed by atoms with Gasteiger partial charge in [-0.3, -0.25) is 4.90 Å². The van der Waals surface area contributed by atoms with Crippen LogP contribution in [0.15, 0.2) is 0 Å². The second kappa shape index (κ2) is 7.16. The van der Waals surface area contributed by atoms with Crippen LogP contribution >= 0.6 is 11.8 Å². The lowest BCUT2D eigenvalue weighted by Crippen LogP contribution is -2.51. The van der Waals surface area contributed by atoms with Gasteiger partial charge in [-0.2, -0.15) is 11.8 Å². The standard InChI is InChI=1S/C15H30N2S/c1-3-10-17(14-8-6-13(16)7-9-14)15-5-4-11-18-12(15)2/h12-15H,3-11,16H2,1-2H3. The third kappa shape index (κ3) is 3.64. The zero-order chi connectivity index (χ0) is 13.0. The molecule has 2 nitrogen and oxygen atoms in total. The molecule has 2 atom stereocenters. The molecule has 0 aromatic rings. The SMILES string of the molecule is CCCN(C1CCC(N)CC1)C1CCCSC1C. The highest BCUT2D eigenvalue weighted by Gasteiger charge is 2.33. The molecule has 0 radical (unpaired) electrons. The van der Waals surface area contributed by atoms with Crippen molar-refractivity contribution in [3.05, 3.63) is 0 Å². The van der Waals surface area contributed by atoms with E-state index in [0.29, 0.717) is 6.04 Å². The van der Waals surface area contributed by atoms with E-state index in [1.807, 2.05) is 0 Å². The molecule has 1 aliphatic heterocycles. The van der Waals surface area contributed by atoms with E-state index >= 15 is 0 Å². The van der Waals surface area contributed by atoms with Crippen molar-refractivity contribution in [2.75, 3.05) is 12.3 Å². The first-order valence-electron chi connectivity index (χ1n) is 7.85. The number of rotatable bonds is 4. The molecule has 0 amide bonds. The van der Waals surface area contributed by atoms with Crippen LogP contribution in [0.2, 0.25) is 0 Å². The normalized spacial score (nSPS) is 38.0. The summed E-state index contributed by atoms with van der Waals surface area (Å²) in [5, 5.41) is 0.820. The first-order valence-corrected chi connectivity index (χ1v) is 8.90. The van der Waals surface area contributed by atoms with Crippen molar-refractivity contribution in [3.8, 4) is 0 Å². The molecule has 2 N–H and O–H groups in total. The maximum Gasteiger partial charge on any atom is 0.0215 e. The van der Waals surface area contributed by atoms with Gasteiger partial charge in [0, 0.05) is 23.4 Å². The van der Waals surface area contributed by atoms with Crippen LogP contribution in [0.5, 0.6) is 0 Å². The van der Waals surface area contributed by atoms with Crippen molar-refractivity contribution < 1.29 is 0 Å². The first-order chi connectivity index (χ1) is 8.72. The molecule has 1 saturated heterocycles. The van der Waals surface area contributed by atoms with Crippen LogP contribution < -0.4 is 5.73 Å². The number of thioether (sulfide) groups is 1. The zero-order valence-electron chi connectivity index (χ0n) is 12.1. The molecule has 0 spiro atoms. The van der Waals surface area contributed by atoms with Crippen LogP contribution in [0.3, 0.4) is 0 Å². The highest BCUT2D eigenvalue weighted by Crippen LogP contribution is 2.33. The zero-order valence-corrected chi connectivity index (χ0v) is 12.9. The molecular formula is C15H30N2S. The second-order valence-corrected chi connectivity index (χ2v) is 7.58. The van der Waals surface area contributed by atoms with Crippen molar-refractivity contribution in [1.29, 1.82) is 0 Å². The molecular weight excluding hydrogens is 240 g/mol. The summed E-state index contributed by atoms with van der Waals surface area (Å²) in [7, 11) is 0. The van der Waals surface area contributed by atoms with Crippen LogP contribution in [0.4, 0.5) is 0 Å². The van der Waals surface area contributed by atoms with Gasteiger partial charge in [-0.05, 0) is 57.2 Å². The Hall–Kier alpha value is 0.270. The largest absolute Gasteiger partial charge is 0.328 e. The Balaban J connectivity index is 1.97. The first kappa shape index (κ1) is 14.7. The minimum atomic E-state index is 0.475. The summed E-state index contributed by atoms with van der Waals surface area (Å²) in [6, 6.07) is 2.11. The van der Waals surface area contributed by atoms with E-state index in [-0.39, 0.29) is 0 Å². The molecule has 1 heterocycles. The van der Waals surface area contributed by atoms with Crippen LogP contribution in [-0.2, 0) is 0 Å². The number of nitrogens with two attached hydrogens (primary N) is 1. The molecule has 2 unspecified atom stereocenters. The van der Waals surface area contributed by atoms with Crippen LogP contribution in [0.1, 0.15) is 58.8 Å². The average molecular weight is 270 g/mol. The van der Waals surface area contributed by atoms with Gasteiger partial charge < -0.3 is 5.73 Å². The second-order valence-electron chi connectivity index (χ2n) is 6.09. The van der Waals surface area contributed by atoms with Gasteiger partial charge in [0.1, 0.15) is 0 Å². The van der Waals surface area contributed by atoms with Gasteiger partial charge in [-0.25, -0.2) is 0 Å². The molecule has 1 aliphatic carbocycles. The fourth-order valence-corrected chi connectivity index (χ4v) is 4.87. The van der Waals surface area contributed by atoms with Crippen molar-refractivity contribution in [2.24, 2.45) is 5.73 Å². The lowest BCUT2D eigenvalue weighted by atomic mass is 9.89. The summed E-state index contributed by atoms with van der Waals surface area (Å²) in [5.41, 5.74) is 6.05. The third-order valence-corrected chi connectivity index (χ3v) is 6.05. The molecule has 2 rings (SSSR count). The molecule has 0 aromatic heterocycles. The van der Waals surface area contributed by atoms with E-state index in [1.54, 1.807) is 0 Å². The van der Waals surface area contributed by atoms with Gasteiger partial charge in [-0.15, -0.1) is 0 Å². The van der Waals surface area contributed by atoms with Gasteiger partial charge in [0.25, 0.3) is 0 Å². The van der Waals surface area contributed by atoms with E-state index in [2.05, 4.69) is 30.5 Å². The monoisotopic (exact) mass is 270 g/mol. The topological polar surface area (TPSA) is 29.3 Å². The van der Waals surface area contributed by atoms with Crippen molar-refractivity contribution in [3.63, 3.8) is 0 Å². The van der Waals surface area contributed by atoms with Crippen molar-refractivity contribution in [1.82, 2.24) is 4.90 Å². The van der Waals surface area contributed by atoms with Gasteiger partial charge >= 0.3 is 0 Å². The lowest BCUT2D eigenvalue weighted by molar-refractivity contribution is 0.0922. The summed E-state index contributed by atoms with van der Waals surface area (Å²) in [6.45, 7) is 6.05. The van der Waals surface area contributed by atoms with Gasteiger partial charge in [0.2, 0.25) is 0 Å². The maximum atomic E-state index is 6.05. The molecule has 18 heavy (non-hydrogen) atoms. The summed E-state index contributed by atoms with van der Waals surface area (Å²) < 4.78 is 0. The van der Waals surface area contributed by atoms with Gasteiger partial charge in [-0.1, -0.05) is 13.8 Å². The lowest BCUT2D eigenvalue weighted by Gasteiger charge is -2.44. The smallest absolute Gasteiger partial charge is 0.0215 e. The number of hydrogen-bond donors (Lipinski definition) is 1. The van der Waals surface area contributed by atoms with E-state index in [4.69, 9.17) is 5.73 Å². The van der Waals surface area contributed by atoms with Crippen molar-refractivity contribution in [2.45, 2.75) is 82.2 Å². The minimum absolute atomic E-state index is 0.475. The summed E-state index contributed by atoms with van der Waals surface area (Å²) in [6.07, 6.45) is 9.24. The Morgan fingerprint density at radius 1 is 1.17 bits per heavy atom. The Labute approximate surface area is 117 Å². The Morgan fingerprint density at radius 2 is 1.89 bits per heavy atom. The Bertz CT molecular complexity index is 239. The van der Waals surface area contributed by atoms with Crippen LogP contribution in [-0.4, -0.2) is 40.6 Å². The van der Waals surface area contributed by atoms with E-state index in [0.717, 1.165) is 17.3 Å². The van der Waals surface area contributed by atoms with E-state index in [9.17, 15) is 0 Å². The number of nitrogens with zero attached hydrogens (tertiary/aromatic N) is 1. The minimum Gasteiger partial charge on any atom is -0.328 e. The highest BCUT2D eigenvalue weighted by atomic mass is 32.2. The maximum absolute atomic E-state index is 6.05. The highest BCUT2D eigenvalue weighted by molar-refractivity contribution is 7.99. The van der Waals surface area contributed by atoms with E-state index < -0.39 is 0 Å². The fourth-order valence-electron chi connectivity index (χ4n) is 3.65. The van der Waals surface area contributed by atoms with Gasteiger partial charge in [0.15, 0.2) is 0 Å². The van der Waals surface area contributed by atoms with Gasteiger partial charge in [0.05, 0.1) is 0 Å². The van der Waals surface area contributed by atoms with E-state index in [1.165, 1.54) is 57.2 Å². The quantitative estimate of drug-likeness (QED) is 0.850. The summed E-state index contributed by atoms with van der Waals surface area (Å²) in [5.74, 6) is 1.37. The molecule has 2 aliphatic rings. The third-order valence-electron chi connectivity index (χ3n) is 4.68. The predicted octanol–water partition coefficient (Wildman–Crippen LogP) is 3.25. The Morgan fingerprint density at radius 3 is 2.50 bits per heavy atom. The summed E-state index contributed by atoms with van der Waals surface area (Å²) >= 11 is 2.18. The summed E-state index contributed by atoms with van der Waals surface area (Å²) in [4.78, 5) is 2.85. The van der Waals surface area contributed by atoms with Crippen LogP contribution in [0, 0.1) is 0 Å². The average Bonchev–Trinajstić information content (AvgIpc) is 2.38. The predicted molar refractivity (Wildman–Crippen MR) is 82.2 cm³/mol. The van der Waals surface area contributed by atoms with Crippen LogP contribution in [0.25, 0.3) is 0 Å². The molecule has 3 heteroatoms. The molecule has 1 saturated carbocycles. The molecule has 2 fully saturated rings. The number of hydrogen-bond acceptors (Lipinski definition) is 3.